The van der Waals surface area contributed by atoms with E-state index in [2.05, 4.69) is 23.8 Å². The number of carbonyl (C=O) groups is 2. The zero-order valence-electron chi connectivity index (χ0n) is 10.0. The lowest BCUT2D eigenvalue weighted by atomic mass is 10.2. The molecule has 0 saturated carbocycles. The van der Waals surface area contributed by atoms with Crippen LogP contribution >= 0.6 is 0 Å². The van der Waals surface area contributed by atoms with Crippen molar-refractivity contribution < 1.29 is 14.3 Å². The maximum absolute atomic E-state index is 11.3. The van der Waals surface area contributed by atoms with Gasteiger partial charge in [-0.25, -0.2) is 4.79 Å². The molecule has 1 aromatic rings. The van der Waals surface area contributed by atoms with Crippen molar-refractivity contribution in [2.45, 2.75) is 6.92 Å². The van der Waals surface area contributed by atoms with Gasteiger partial charge < -0.3 is 10.1 Å². The quantitative estimate of drug-likeness (QED) is 0.802. The van der Waals surface area contributed by atoms with E-state index in [1.54, 1.807) is 31.2 Å². The van der Waals surface area contributed by atoms with Crippen LogP contribution in [0.1, 0.15) is 6.92 Å². The molecule has 18 heavy (non-hydrogen) atoms. The van der Waals surface area contributed by atoms with E-state index >= 15 is 0 Å². The van der Waals surface area contributed by atoms with E-state index in [9.17, 15) is 9.59 Å². The molecule has 0 aliphatic rings. The fourth-order valence-corrected chi connectivity index (χ4v) is 1.06. The van der Waals surface area contributed by atoms with Crippen LogP contribution in [-0.2, 0) is 4.79 Å². The van der Waals surface area contributed by atoms with E-state index in [4.69, 9.17) is 4.74 Å². The number of anilines is 1. The second kappa shape index (κ2) is 6.24. The Kier molecular flexibility index (Phi) is 4.68. The summed E-state index contributed by atoms with van der Waals surface area (Å²) in [7, 11) is 0. The van der Waals surface area contributed by atoms with Gasteiger partial charge in [0.05, 0.1) is 0 Å². The van der Waals surface area contributed by atoms with Gasteiger partial charge >= 0.3 is 6.09 Å². The first kappa shape index (κ1) is 13.5. The maximum Gasteiger partial charge on any atom is 0.416 e. The summed E-state index contributed by atoms with van der Waals surface area (Å²) in [6, 6.07) is 6.38. The molecule has 5 heteroatoms. The van der Waals surface area contributed by atoms with E-state index in [-0.39, 0.29) is 5.91 Å². The molecule has 0 aliphatic carbocycles. The van der Waals surface area contributed by atoms with Crippen LogP contribution in [0.2, 0.25) is 0 Å². The number of benzene rings is 1. The molecule has 0 unspecified atom stereocenters. The van der Waals surface area contributed by atoms with E-state index in [0.29, 0.717) is 17.0 Å². The van der Waals surface area contributed by atoms with E-state index in [1.807, 2.05) is 0 Å². The van der Waals surface area contributed by atoms with Crippen molar-refractivity contribution in [1.82, 2.24) is 5.32 Å². The first-order chi connectivity index (χ1) is 8.52. The van der Waals surface area contributed by atoms with Gasteiger partial charge in [-0.15, -0.1) is 0 Å². The zero-order valence-corrected chi connectivity index (χ0v) is 10.0. The Hall–Kier alpha value is -2.56. The van der Waals surface area contributed by atoms with Gasteiger partial charge in [-0.1, -0.05) is 13.2 Å². The molecular weight excluding hydrogens is 232 g/mol. The highest BCUT2D eigenvalue weighted by Gasteiger charge is 2.04. The molecule has 2 N–H and O–H groups in total. The van der Waals surface area contributed by atoms with Crippen LogP contribution in [-0.4, -0.2) is 12.0 Å². The Morgan fingerprint density at radius 2 is 1.89 bits per heavy atom. The normalized spacial score (nSPS) is 9.17. The number of nitrogens with one attached hydrogen (secondary N) is 2. The average molecular weight is 246 g/mol. The zero-order chi connectivity index (χ0) is 13.5. The Labute approximate surface area is 105 Å². The minimum Gasteiger partial charge on any atom is -0.410 e. The van der Waals surface area contributed by atoms with E-state index in [1.165, 1.54) is 6.20 Å². The van der Waals surface area contributed by atoms with Crippen molar-refractivity contribution in [1.29, 1.82) is 0 Å². The highest BCUT2D eigenvalue weighted by atomic mass is 16.5. The van der Waals surface area contributed by atoms with Gasteiger partial charge in [0.15, 0.2) is 0 Å². The van der Waals surface area contributed by atoms with Crippen molar-refractivity contribution in [2.75, 3.05) is 5.32 Å². The van der Waals surface area contributed by atoms with Crippen LogP contribution < -0.4 is 15.4 Å². The smallest absolute Gasteiger partial charge is 0.410 e. The summed E-state index contributed by atoms with van der Waals surface area (Å²) in [6.45, 7) is 8.48. The minimum atomic E-state index is -0.622. The fourth-order valence-electron chi connectivity index (χ4n) is 1.06. The molecule has 0 heterocycles. The molecule has 0 atom stereocenters. The van der Waals surface area contributed by atoms with E-state index in [0.717, 1.165) is 0 Å². The van der Waals surface area contributed by atoms with Crippen molar-refractivity contribution in [3.8, 4) is 5.75 Å². The third-order valence-corrected chi connectivity index (χ3v) is 1.93. The topological polar surface area (TPSA) is 67.4 Å². The number of hydrogen-bond acceptors (Lipinski definition) is 3. The third-order valence-electron chi connectivity index (χ3n) is 1.93. The summed E-state index contributed by atoms with van der Waals surface area (Å²) in [5.41, 5.74) is 1.01. The van der Waals surface area contributed by atoms with Gasteiger partial charge in [0.2, 0.25) is 0 Å². The first-order valence-corrected chi connectivity index (χ1v) is 5.19. The number of rotatable bonds is 4. The third kappa shape index (κ3) is 4.13. The number of hydrogen-bond donors (Lipinski definition) is 2. The number of ether oxygens (including phenoxy) is 1. The summed E-state index contributed by atoms with van der Waals surface area (Å²) < 4.78 is 4.91. The Balaban J connectivity index is 2.62. The summed E-state index contributed by atoms with van der Waals surface area (Å²) >= 11 is 0. The second-order valence-electron chi connectivity index (χ2n) is 3.50. The van der Waals surface area contributed by atoms with Crippen molar-refractivity contribution in [3.05, 3.63) is 49.2 Å². The molecule has 0 spiro atoms. The fraction of sp³-hybridized carbons (Fsp3) is 0.0769. The largest absolute Gasteiger partial charge is 0.416 e. The van der Waals surface area contributed by atoms with Crippen LogP contribution in [0.4, 0.5) is 10.5 Å². The standard InChI is InChI=1S/C13H14N2O3/c1-4-14-13(17)18-11-7-5-10(6-8-11)15-12(16)9(2)3/h4-8H,1-2H2,3H3,(H,14,17)(H,15,16). The molecule has 0 aromatic heterocycles. The summed E-state index contributed by atoms with van der Waals surface area (Å²) in [5.74, 6) is 0.107. The molecule has 1 aromatic carbocycles. The van der Waals surface area contributed by atoms with Crippen LogP contribution in [0.3, 0.4) is 0 Å². The van der Waals surface area contributed by atoms with Crippen molar-refractivity contribution in [3.63, 3.8) is 0 Å². The number of carbonyl (C=O) groups excluding carboxylic acids is 2. The molecule has 5 nitrogen and oxygen atoms in total. The molecule has 2 amide bonds. The molecule has 0 saturated heterocycles. The monoisotopic (exact) mass is 246 g/mol. The summed E-state index contributed by atoms with van der Waals surface area (Å²) in [6.07, 6.45) is 0.604. The van der Waals surface area contributed by atoms with Crippen molar-refractivity contribution >= 4 is 17.7 Å². The molecule has 0 bridgehead atoms. The predicted molar refractivity (Wildman–Crippen MR) is 69.2 cm³/mol. The highest BCUT2D eigenvalue weighted by Crippen LogP contribution is 2.16. The Bertz CT molecular complexity index is 478. The average Bonchev–Trinajstić information content (AvgIpc) is 2.31. The van der Waals surface area contributed by atoms with Crippen molar-refractivity contribution in [2.24, 2.45) is 0 Å². The molecule has 0 radical (unpaired) electrons. The van der Waals surface area contributed by atoms with Gasteiger partial charge in [-0.2, -0.15) is 0 Å². The molecular formula is C13H14N2O3. The molecule has 94 valence electrons. The lowest BCUT2D eigenvalue weighted by Gasteiger charge is -2.06. The molecule has 1 rings (SSSR count). The predicted octanol–water partition coefficient (Wildman–Crippen LogP) is 2.43. The molecule has 0 fully saturated rings. The first-order valence-electron chi connectivity index (χ1n) is 5.19. The SMILES string of the molecule is C=CNC(=O)Oc1ccc(NC(=O)C(=C)C)cc1. The van der Waals surface area contributed by atoms with Crippen LogP contribution in [0.5, 0.6) is 5.75 Å². The Morgan fingerprint density at radius 3 is 2.39 bits per heavy atom. The van der Waals surface area contributed by atoms with E-state index < -0.39 is 6.09 Å². The second-order valence-corrected chi connectivity index (χ2v) is 3.50. The maximum atomic E-state index is 11.3. The van der Waals surface area contributed by atoms with Gasteiger partial charge in [-0.3, -0.25) is 10.1 Å². The van der Waals surface area contributed by atoms with Gasteiger partial charge in [0, 0.05) is 11.3 Å². The summed E-state index contributed by atoms with van der Waals surface area (Å²) in [4.78, 5) is 22.4. The molecule has 0 aliphatic heterocycles. The van der Waals surface area contributed by atoms with Crippen LogP contribution in [0, 0.1) is 0 Å². The van der Waals surface area contributed by atoms with Gasteiger partial charge in [0.1, 0.15) is 5.75 Å². The Morgan fingerprint density at radius 1 is 1.28 bits per heavy atom. The highest BCUT2D eigenvalue weighted by molar-refractivity contribution is 6.02. The van der Waals surface area contributed by atoms with Crippen LogP contribution in [0.15, 0.2) is 49.2 Å². The minimum absolute atomic E-state index is 0.256. The summed E-state index contributed by atoms with van der Waals surface area (Å²) in [5, 5.41) is 4.91. The van der Waals surface area contributed by atoms with Crippen LogP contribution in [0.25, 0.3) is 0 Å². The lowest BCUT2D eigenvalue weighted by molar-refractivity contribution is -0.112. The number of amides is 2. The lowest BCUT2D eigenvalue weighted by Crippen LogP contribution is -2.20. The van der Waals surface area contributed by atoms with Gasteiger partial charge in [-0.05, 0) is 37.4 Å². The van der Waals surface area contributed by atoms with Gasteiger partial charge in [0.25, 0.3) is 5.91 Å².